The highest BCUT2D eigenvalue weighted by molar-refractivity contribution is 7.98. The lowest BCUT2D eigenvalue weighted by Crippen LogP contribution is -2.43. The highest BCUT2D eigenvalue weighted by Crippen LogP contribution is 2.17. The number of amides is 2. The fraction of sp³-hybridized carbons (Fsp3) is 0.429. The number of benzene rings is 1. The zero-order valence-corrected chi connectivity index (χ0v) is 12.9. The third kappa shape index (κ3) is 6.40. The molecule has 21 heavy (non-hydrogen) atoms. The van der Waals surface area contributed by atoms with E-state index in [0.717, 1.165) is 0 Å². The Kier molecular flexibility index (Phi) is 7.45. The van der Waals surface area contributed by atoms with Crippen LogP contribution in [-0.2, 0) is 4.79 Å². The first-order chi connectivity index (χ1) is 10.1. The first kappa shape index (κ1) is 17.2. The molecule has 1 aromatic rings. The van der Waals surface area contributed by atoms with Crippen LogP contribution >= 0.6 is 11.8 Å². The van der Waals surface area contributed by atoms with Gasteiger partial charge in [-0.05, 0) is 37.5 Å². The minimum Gasteiger partial charge on any atom is -0.494 e. The lowest BCUT2D eigenvalue weighted by molar-refractivity contribution is -0.139. The van der Waals surface area contributed by atoms with Gasteiger partial charge in [-0.2, -0.15) is 11.8 Å². The molecule has 0 aliphatic rings. The molecule has 1 atom stereocenters. The van der Waals surface area contributed by atoms with Crippen LogP contribution in [0.25, 0.3) is 0 Å². The number of carbonyl (C=O) groups excluding carboxylic acids is 1. The summed E-state index contributed by atoms with van der Waals surface area (Å²) in [5.41, 5.74) is 0.549. The van der Waals surface area contributed by atoms with Crippen LogP contribution in [-0.4, -0.2) is 41.8 Å². The normalized spacial score (nSPS) is 11.5. The number of ether oxygens (including phenoxy) is 1. The molecule has 0 saturated heterocycles. The number of carbonyl (C=O) groups is 2. The molecule has 0 fully saturated rings. The van der Waals surface area contributed by atoms with Gasteiger partial charge in [0.25, 0.3) is 0 Å². The zero-order valence-electron chi connectivity index (χ0n) is 12.1. The number of hydrogen-bond donors (Lipinski definition) is 3. The number of aliphatic carboxylic acids is 1. The maximum Gasteiger partial charge on any atom is 0.326 e. The average molecular weight is 312 g/mol. The van der Waals surface area contributed by atoms with Gasteiger partial charge in [-0.1, -0.05) is 6.07 Å². The number of anilines is 1. The predicted molar refractivity (Wildman–Crippen MR) is 84.2 cm³/mol. The van der Waals surface area contributed by atoms with Gasteiger partial charge in [0.15, 0.2) is 0 Å². The zero-order chi connectivity index (χ0) is 15.7. The first-order valence-electron chi connectivity index (χ1n) is 6.59. The molecule has 2 amide bonds. The fourth-order valence-corrected chi connectivity index (χ4v) is 2.12. The standard InChI is InChI=1S/C14H20N2O4S/c1-3-20-11-6-4-5-10(9-11)15-14(19)16-12(13(17)18)7-8-21-2/h4-6,9,12H,3,7-8H2,1-2H3,(H,17,18)(H2,15,16,19)/t12-/m1/s1. The maximum atomic E-state index is 11.8. The Bertz CT molecular complexity index is 482. The topological polar surface area (TPSA) is 87.7 Å². The largest absolute Gasteiger partial charge is 0.494 e. The third-order valence-electron chi connectivity index (χ3n) is 2.62. The molecule has 116 valence electrons. The minimum atomic E-state index is -1.04. The number of carboxylic acid groups (broad SMARTS) is 1. The number of nitrogens with one attached hydrogen (secondary N) is 2. The van der Waals surface area contributed by atoms with E-state index in [-0.39, 0.29) is 0 Å². The number of urea groups is 1. The highest BCUT2D eigenvalue weighted by atomic mass is 32.2. The van der Waals surface area contributed by atoms with Gasteiger partial charge in [0.2, 0.25) is 0 Å². The van der Waals surface area contributed by atoms with Crippen molar-refractivity contribution in [3.05, 3.63) is 24.3 Å². The molecular weight excluding hydrogens is 292 g/mol. The van der Waals surface area contributed by atoms with Crippen LogP contribution in [0.2, 0.25) is 0 Å². The van der Waals surface area contributed by atoms with E-state index < -0.39 is 18.0 Å². The number of carboxylic acids is 1. The molecule has 0 heterocycles. The van der Waals surface area contributed by atoms with Gasteiger partial charge < -0.3 is 20.5 Å². The molecule has 0 aliphatic heterocycles. The van der Waals surface area contributed by atoms with Crippen molar-refractivity contribution >= 4 is 29.4 Å². The molecule has 0 bridgehead atoms. The molecule has 0 aliphatic carbocycles. The maximum absolute atomic E-state index is 11.8. The highest BCUT2D eigenvalue weighted by Gasteiger charge is 2.19. The summed E-state index contributed by atoms with van der Waals surface area (Å²) in [5, 5.41) is 14.1. The van der Waals surface area contributed by atoms with Crippen molar-refractivity contribution in [2.24, 2.45) is 0 Å². The van der Waals surface area contributed by atoms with E-state index in [1.165, 1.54) is 11.8 Å². The number of thioether (sulfide) groups is 1. The molecule has 0 spiro atoms. The van der Waals surface area contributed by atoms with E-state index in [2.05, 4.69) is 10.6 Å². The van der Waals surface area contributed by atoms with Crippen molar-refractivity contribution in [3.8, 4) is 5.75 Å². The molecule has 6 nitrogen and oxygen atoms in total. The van der Waals surface area contributed by atoms with Crippen molar-refractivity contribution < 1.29 is 19.4 Å². The summed E-state index contributed by atoms with van der Waals surface area (Å²) >= 11 is 1.53. The second-order valence-electron chi connectivity index (χ2n) is 4.23. The Morgan fingerprint density at radius 1 is 1.43 bits per heavy atom. The second-order valence-corrected chi connectivity index (χ2v) is 5.22. The summed E-state index contributed by atoms with van der Waals surface area (Å²) in [4.78, 5) is 22.9. The Hall–Kier alpha value is -1.89. The van der Waals surface area contributed by atoms with Crippen LogP contribution < -0.4 is 15.4 Å². The van der Waals surface area contributed by atoms with Gasteiger partial charge in [0.1, 0.15) is 11.8 Å². The first-order valence-corrected chi connectivity index (χ1v) is 7.98. The van der Waals surface area contributed by atoms with Crippen LogP contribution in [0.4, 0.5) is 10.5 Å². The van der Waals surface area contributed by atoms with E-state index in [9.17, 15) is 9.59 Å². The predicted octanol–water partition coefficient (Wildman–Crippen LogP) is 2.41. The monoisotopic (exact) mass is 312 g/mol. The van der Waals surface area contributed by atoms with Crippen LogP contribution in [0.1, 0.15) is 13.3 Å². The summed E-state index contributed by atoms with van der Waals surface area (Å²) in [7, 11) is 0. The van der Waals surface area contributed by atoms with Gasteiger partial charge in [-0.3, -0.25) is 0 Å². The average Bonchev–Trinajstić information content (AvgIpc) is 2.44. The van der Waals surface area contributed by atoms with Gasteiger partial charge in [-0.25, -0.2) is 9.59 Å². The third-order valence-corrected chi connectivity index (χ3v) is 3.26. The Balaban J connectivity index is 2.58. The molecule has 0 aromatic heterocycles. The van der Waals surface area contributed by atoms with Crippen molar-refractivity contribution in [2.75, 3.05) is 23.9 Å². The lowest BCUT2D eigenvalue weighted by atomic mass is 10.2. The Morgan fingerprint density at radius 2 is 2.19 bits per heavy atom. The van der Waals surface area contributed by atoms with E-state index in [0.29, 0.717) is 30.2 Å². The van der Waals surface area contributed by atoms with Crippen molar-refractivity contribution in [1.29, 1.82) is 0 Å². The molecule has 7 heteroatoms. The van der Waals surface area contributed by atoms with Crippen LogP contribution in [0.15, 0.2) is 24.3 Å². The van der Waals surface area contributed by atoms with Crippen molar-refractivity contribution in [2.45, 2.75) is 19.4 Å². The van der Waals surface area contributed by atoms with Crippen LogP contribution in [0.3, 0.4) is 0 Å². The van der Waals surface area contributed by atoms with E-state index in [1.807, 2.05) is 13.2 Å². The molecule has 0 radical (unpaired) electrons. The molecule has 3 N–H and O–H groups in total. The second kappa shape index (κ2) is 9.12. The summed E-state index contributed by atoms with van der Waals surface area (Å²) < 4.78 is 5.33. The lowest BCUT2D eigenvalue weighted by Gasteiger charge is -2.15. The van der Waals surface area contributed by atoms with Gasteiger partial charge in [0, 0.05) is 11.8 Å². The summed E-state index contributed by atoms with van der Waals surface area (Å²) in [6.45, 7) is 2.40. The SMILES string of the molecule is CCOc1cccc(NC(=O)N[C@H](CCSC)C(=O)O)c1. The molecule has 1 rings (SSSR count). The van der Waals surface area contributed by atoms with Gasteiger partial charge in [-0.15, -0.1) is 0 Å². The fourth-order valence-electron chi connectivity index (χ4n) is 1.65. The smallest absolute Gasteiger partial charge is 0.326 e. The quantitative estimate of drug-likeness (QED) is 0.686. The summed E-state index contributed by atoms with van der Waals surface area (Å²) in [6, 6.07) is 5.49. The van der Waals surface area contributed by atoms with Crippen molar-refractivity contribution in [1.82, 2.24) is 5.32 Å². The van der Waals surface area contributed by atoms with Gasteiger partial charge >= 0.3 is 12.0 Å². The molecule has 0 saturated carbocycles. The van der Waals surface area contributed by atoms with E-state index in [1.54, 1.807) is 24.3 Å². The van der Waals surface area contributed by atoms with Gasteiger partial charge in [0.05, 0.1) is 6.61 Å². The number of hydrogen-bond acceptors (Lipinski definition) is 4. The Morgan fingerprint density at radius 3 is 2.81 bits per heavy atom. The van der Waals surface area contributed by atoms with E-state index in [4.69, 9.17) is 9.84 Å². The van der Waals surface area contributed by atoms with Crippen LogP contribution in [0.5, 0.6) is 5.75 Å². The van der Waals surface area contributed by atoms with Crippen LogP contribution in [0, 0.1) is 0 Å². The summed E-state index contributed by atoms with van der Waals surface area (Å²) in [6.07, 6.45) is 2.26. The Labute approximate surface area is 128 Å². The van der Waals surface area contributed by atoms with E-state index >= 15 is 0 Å². The van der Waals surface area contributed by atoms with Crippen molar-refractivity contribution in [3.63, 3.8) is 0 Å². The minimum absolute atomic E-state index is 0.378. The molecule has 1 aromatic carbocycles. The number of rotatable bonds is 8. The molecular formula is C14H20N2O4S. The molecule has 0 unspecified atom stereocenters. The summed E-state index contributed by atoms with van der Waals surface area (Å²) in [5.74, 6) is 0.270.